The predicted molar refractivity (Wildman–Crippen MR) is 83.7 cm³/mol. The van der Waals surface area contributed by atoms with Gasteiger partial charge in [0.2, 0.25) is 0 Å². The summed E-state index contributed by atoms with van der Waals surface area (Å²) in [4.78, 5) is 2.33. The van der Waals surface area contributed by atoms with E-state index in [0.717, 1.165) is 31.8 Å². The zero-order valence-electron chi connectivity index (χ0n) is 12.6. The quantitative estimate of drug-likeness (QED) is 0.696. The van der Waals surface area contributed by atoms with Gasteiger partial charge in [-0.2, -0.15) is 0 Å². The summed E-state index contributed by atoms with van der Waals surface area (Å²) in [5.74, 6) is 1.49. The molecule has 2 aromatic rings. The van der Waals surface area contributed by atoms with Crippen LogP contribution in [0, 0.1) is 0 Å². The van der Waals surface area contributed by atoms with E-state index in [1.54, 1.807) is 0 Å². The van der Waals surface area contributed by atoms with E-state index < -0.39 is 0 Å². The van der Waals surface area contributed by atoms with Crippen molar-refractivity contribution in [2.24, 2.45) is 0 Å². The first-order valence-corrected chi connectivity index (χ1v) is 7.39. The Balaban J connectivity index is 1.57. The maximum absolute atomic E-state index is 8.92. The monoisotopic (exact) mass is 288 g/mol. The smallest absolute Gasteiger partial charge is 0.129 e. The van der Waals surface area contributed by atoms with Gasteiger partial charge in [0.15, 0.2) is 0 Å². The van der Waals surface area contributed by atoms with Gasteiger partial charge in [0.1, 0.15) is 18.1 Å². The Kier molecular flexibility index (Phi) is 6.47. The van der Waals surface area contributed by atoms with Crippen LogP contribution in [-0.2, 0) is 19.7 Å². The van der Waals surface area contributed by atoms with E-state index >= 15 is 0 Å². The van der Waals surface area contributed by atoms with Gasteiger partial charge in [0.05, 0.1) is 6.54 Å². The number of hydrogen-bond donors (Lipinski definition) is 2. The third-order valence-electron chi connectivity index (χ3n) is 3.36. The number of furan rings is 1. The lowest BCUT2D eigenvalue weighted by molar-refractivity contribution is 0.242. The molecule has 0 fully saturated rings. The highest BCUT2D eigenvalue weighted by atomic mass is 16.4. The molecule has 0 bridgehead atoms. The van der Waals surface area contributed by atoms with Crippen LogP contribution in [0.15, 0.2) is 46.9 Å². The minimum Gasteiger partial charge on any atom is -0.462 e. The number of benzene rings is 1. The normalized spacial score (nSPS) is 11.2. The molecule has 2 rings (SSSR count). The largest absolute Gasteiger partial charge is 0.462 e. The van der Waals surface area contributed by atoms with Crippen LogP contribution >= 0.6 is 0 Å². The Hall–Kier alpha value is -1.62. The van der Waals surface area contributed by atoms with Crippen LogP contribution in [0.25, 0.3) is 0 Å². The molecule has 0 saturated carbocycles. The number of nitrogens with one attached hydrogen (secondary N) is 1. The van der Waals surface area contributed by atoms with Crippen molar-refractivity contribution in [1.29, 1.82) is 0 Å². The van der Waals surface area contributed by atoms with Crippen LogP contribution in [0.4, 0.5) is 0 Å². The van der Waals surface area contributed by atoms with Crippen molar-refractivity contribution in [3.63, 3.8) is 0 Å². The maximum atomic E-state index is 8.92. The van der Waals surface area contributed by atoms with Gasteiger partial charge in [-0.25, -0.2) is 0 Å². The van der Waals surface area contributed by atoms with Crippen molar-refractivity contribution in [3.8, 4) is 0 Å². The van der Waals surface area contributed by atoms with Gasteiger partial charge in [-0.3, -0.25) is 0 Å². The minimum absolute atomic E-state index is 0.0374. The maximum Gasteiger partial charge on any atom is 0.129 e. The third kappa shape index (κ3) is 5.71. The summed E-state index contributed by atoms with van der Waals surface area (Å²) in [6.07, 6.45) is 1.09. The third-order valence-corrected chi connectivity index (χ3v) is 3.36. The van der Waals surface area contributed by atoms with Crippen molar-refractivity contribution >= 4 is 0 Å². The first-order valence-electron chi connectivity index (χ1n) is 7.39. The van der Waals surface area contributed by atoms with E-state index in [-0.39, 0.29) is 6.61 Å². The van der Waals surface area contributed by atoms with Crippen LogP contribution in [0.2, 0.25) is 0 Å². The SMILES string of the molecule is CN(CCCNCc1ccc(CO)o1)Cc1ccccc1. The standard InChI is InChI=1S/C17H24N2O2/c1-19(13-15-6-3-2-4-7-15)11-5-10-18-12-16-8-9-17(14-20)21-16/h2-4,6-9,18,20H,5,10-14H2,1H3. The van der Waals surface area contributed by atoms with Gasteiger partial charge in [-0.05, 0) is 44.3 Å². The number of hydrogen-bond acceptors (Lipinski definition) is 4. The molecule has 114 valence electrons. The molecular formula is C17H24N2O2. The van der Waals surface area contributed by atoms with E-state index in [0.29, 0.717) is 12.3 Å². The number of aliphatic hydroxyl groups excluding tert-OH is 1. The number of rotatable bonds is 9. The summed E-state index contributed by atoms with van der Waals surface area (Å²) >= 11 is 0. The van der Waals surface area contributed by atoms with Crippen molar-refractivity contribution in [3.05, 3.63) is 59.5 Å². The van der Waals surface area contributed by atoms with E-state index in [2.05, 4.69) is 41.5 Å². The van der Waals surface area contributed by atoms with Crippen molar-refractivity contribution < 1.29 is 9.52 Å². The Bertz CT molecular complexity index is 511. The Labute approximate surface area is 126 Å². The molecule has 1 aromatic heterocycles. The van der Waals surface area contributed by atoms with Gasteiger partial charge in [0, 0.05) is 6.54 Å². The molecule has 1 heterocycles. The van der Waals surface area contributed by atoms with Crippen molar-refractivity contribution in [2.75, 3.05) is 20.1 Å². The van der Waals surface area contributed by atoms with E-state index in [4.69, 9.17) is 9.52 Å². The molecule has 0 aliphatic rings. The van der Waals surface area contributed by atoms with E-state index in [1.165, 1.54) is 5.56 Å². The Morgan fingerprint density at radius 3 is 2.57 bits per heavy atom. The van der Waals surface area contributed by atoms with Crippen LogP contribution in [0.1, 0.15) is 23.5 Å². The molecule has 0 atom stereocenters. The molecule has 21 heavy (non-hydrogen) atoms. The topological polar surface area (TPSA) is 48.6 Å². The van der Waals surface area contributed by atoms with Crippen LogP contribution in [0.5, 0.6) is 0 Å². The summed E-state index contributed by atoms with van der Waals surface area (Å²) in [6, 6.07) is 14.2. The molecule has 0 spiro atoms. The second kappa shape index (κ2) is 8.62. The summed E-state index contributed by atoms with van der Waals surface area (Å²) in [7, 11) is 2.15. The van der Waals surface area contributed by atoms with Crippen molar-refractivity contribution in [2.45, 2.75) is 26.1 Å². The highest BCUT2D eigenvalue weighted by Crippen LogP contribution is 2.07. The Morgan fingerprint density at radius 1 is 1.10 bits per heavy atom. The first-order chi connectivity index (χ1) is 10.3. The second-order valence-electron chi connectivity index (χ2n) is 5.28. The van der Waals surface area contributed by atoms with E-state index in [1.807, 2.05) is 18.2 Å². The average Bonchev–Trinajstić information content (AvgIpc) is 2.96. The molecule has 0 unspecified atom stereocenters. The van der Waals surface area contributed by atoms with E-state index in [9.17, 15) is 0 Å². The average molecular weight is 288 g/mol. The van der Waals surface area contributed by atoms with Crippen molar-refractivity contribution in [1.82, 2.24) is 10.2 Å². The number of nitrogens with zero attached hydrogens (tertiary/aromatic N) is 1. The lowest BCUT2D eigenvalue weighted by Gasteiger charge is -2.16. The van der Waals surface area contributed by atoms with Gasteiger partial charge < -0.3 is 19.7 Å². The zero-order chi connectivity index (χ0) is 14.9. The van der Waals surface area contributed by atoms with Gasteiger partial charge >= 0.3 is 0 Å². The molecule has 0 radical (unpaired) electrons. The summed E-state index contributed by atoms with van der Waals surface area (Å²) in [5.41, 5.74) is 1.35. The van der Waals surface area contributed by atoms with Gasteiger partial charge in [-0.1, -0.05) is 30.3 Å². The molecule has 1 aromatic carbocycles. The predicted octanol–water partition coefficient (Wildman–Crippen LogP) is 2.38. The highest BCUT2D eigenvalue weighted by molar-refractivity contribution is 5.14. The molecule has 4 heteroatoms. The van der Waals surface area contributed by atoms with Crippen LogP contribution in [0.3, 0.4) is 0 Å². The minimum atomic E-state index is -0.0374. The molecule has 0 aliphatic carbocycles. The lowest BCUT2D eigenvalue weighted by atomic mass is 10.2. The molecule has 0 aliphatic heterocycles. The summed E-state index contributed by atoms with van der Waals surface area (Å²) < 4.78 is 5.42. The highest BCUT2D eigenvalue weighted by Gasteiger charge is 2.02. The fourth-order valence-electron chi connectivity index (χ4n) is 2.26. The fraction of sp³-hybridized carbons (Fsp3) is 0.412. The summed E-state index contributed by atoms with van der Waals surface area (Å²) in [6.45, 7) is 3.67. The van der Waals surface area contributed by atoms with Crippen LogP contribution < -0.4 is 5.32 Å². The lowest BCUT2D eigenvalue weighted by Crippen LogP contribution is -2.23. The van der Waals surface area contributed by atoms with Gasteiger partial charge in [-0.15, -0.1) is 0 Å². The Morgan fingerprint density at radius 2 is 1.86 bits per heavy atom. The fourth-order valence-corrected chi connectivity index (χ4v) is 2.26. The zero-order valence-corrected chi connectivity index (χ0v) is 12.6. The molecular weight excluding hydrogens is 264 g/mol. The first kappa shape index (κ1) is 15.8. The van der Waals surface area contributed by atoms with Gasteiger partial charge in [0.25, 0.3) is 0 Å². The number of aliphatic hydroxyl groups is 1. The molecule has 0 amide bonds. The molecule has 2 N–H and O–H groups in total. The summed E-state index contributed by atoms with van der Waals surface area (Å²) in [5, 5.41) is 12.3. The van der Waals surface area contributed by atoms with Crippen LogP contribution in [-0.4, -0.2) is 30.1 Å². The second-order valence-corrected chi connectivity index (χ2v) is 5.28. The molecule has 0 saturated heterocycles. The molecule has 4 nitrogen and oxygen atoms in total.